The number of hydrogen-bond donors (Lipinski definition) is 3. The standard InChI is InChI=1S/C19H16N4O5S/c1-9-21-18(23-28-9)19(2,26)6-5-10-3-4-13-11(7-10)14-15(12(24)8-27-13)29-17(22-14)16(20)25/h3-4,7,12,24,26H,8H2,1-2H3,(H2,20,25)/t12?,19-/m1/s1. The van der Waals surface area contributed by atoms with Gasteiger partial charge in [0.2, 0.25) is 11.7 Å². The number of aromatic nitrogens is 3. The number of fused-ring (bicyclic) bond motifs is 3. The van der Waals surface area contributed by atoms with Crippen LogP contribution in [-0.2, 0) is 5.60 Å². The summed E-state index contributed by atoms with van der Waals surface area (Å²) < 4.78 is 10.5. The molecule has 4 N–H and O–H groups in total. The molecule has 4 rings (SSSR count). The predicted octanol–water partition coefficient (Wildman–Crippen LogP) is 1.29. The molecule has 0 fully saturated rings. The summed E-state index contributed by atoms with van der Waals surface area (Å²) in [4.78, 5) is 20.3. The number of amides is 1. The third-order valence-electron chi connectivity index (χ3n) is 4.21. The Hall–Kier alpha value is -3.26. The number of primary amides is 1. The largest absolute Gasteiger partial charge is 0.490 e. The molecule has 3 heterocycles. The lowest BCUT2D eigenvalue weighted by Crippen LogP contribution is -2.20. The minimum atomic E-state index is -1.61. The van der Waals surface area contributed by atoms with E-state index in [0.29, 0.717) is 33.3 Å². The van der Waals surface area contributed by atoms with Crippen molar-refractivity contribution in [3.8, 4) is 28.8 Å². The summed E-state index contributed by atoms with van der Waals surface area (Å²) in [6, 6.07) is 5.11. The van der Waals surface area contributed by atoms with Gasteiger partial charge in [0.25, 0.3) is 5.91 Å². The number of aryl methyl sites for hydroxylation is 1. The number of aliphatic hydroxyl groups is 2. The summed E-state index contributed by atoms with van der Waals surface area (Å²) in [5.74, 6) is 5.82. The number of nitrogens with zero attached hydrogens (tertiary/aromatic N) is 3. The zero-order valence-corrected chi connectivity index (χ0v) is 16.3. The van der Waals surface area contributed by atoms with E-state index < -0.39 is 17.6 Å². The van der Waals surface area contributed by atoms with Crippen LogP contribution in [0, 0.1) is 18.8 Å². The van der Waals surface area contributed by atoms with Crippen molar-refractivity contribution in [2.75, 3.05) is 6.61 Å². The third kappa shape index (κ3) is 3.58. The Labute approximate surface area is 169 Å². The van der Waals surface area contributed by atoms with Crippen LogP contribution in [-0.4, -0.2) is 37.9 Å². The number of carbonyl (C=O) groups is 1. The molecule has 0 aliphatic carbocycles. The van der Waals surface area contributed by atoms with Crippen molar-refractivity contribution >= 4 is 17.2 Å². The van der Waals surface area contributed by atoms with Crippen molar-refractivity contribution in [3.63, 3.8) is 0 Å². The van der Waals surface area contributed by atoms with Crippen molar-refractivity contribution in [3.05, 3.63) is 45.4 Å². The maximum Gasteiger partial charge on any atom is 0.277 e. The Morgan fingerprint density at radius 3 is 2.90 bits per heavy atom. The van der Waals surface area contributed by atoms with Crippen LogP contribution in [0.3, 0.4) is 0 Å². The minimum absolute atomic E-state index is 0.0251. The van der Waals surface area contributed by atoms with Gasteiger partial charge in [0, 0.05) is 18.1 Å². The molecular weight excluding hydrogens is 396 g/mol. The number of aliphatic hydroxyl groups excluding tert-OH is 1. The average Bonchev–Trinajstić information content (AvgIpc) is 3.29. The van der Waals surface area contributed by atoms with Crippen molar-refractivity contribution < 1.29 is 24.3 Å². The quantitative estimate of drug-likeness (QED) is 0.534. The summed E-state index contributed by atoms with van der Waals surface area (Å²) in [6.45, 7) is 3.11. The zero-order valence-electron chi connectivity index (χ0n) is 15.5. The first-order chi connectivity index (χ1) is 13.7. The summed E-state index contributed by atoms with van der Waals surface area (Å²) in [5.41, 5.74) is 5.28. The van der Waals surface area contributed by atoms with Crippen LogP contribution in [0.4, 0.5) is 0 Å². The summed E-state index contributed by atoms with van der Waals surface area (Å²) in [6.07, 6.45) is -0.931. The van der Waals surface area contributed by atoms with Gasteiger partial charge >= 0.3 is 0 Å². The third-order valence-corrected chi connectivity index (χ3v) is 5.38. The lowest BCUT2D eigenvalue weighted by molar-refractivity contribution is 0.0999. The van der Waals surface area contributed by atoms with Gasteiger partial charge in [-0.15, -0.1) is 11.3 Å². The normalized spacial score (nSPS) is 17.0. The second-order valence-corrected chi connectivity index (χ2v) is 7.62. The fourth-order valence-corrected chi connectivity index (χ4v) is 3.67. The molecule has 0 saturated heterocycles. The smallest absolute Gasteiger partial charge is 0.277 e. The second-order valence-electron chi connectivity index (χ2n) is 6.59. The molecule has 1 unspecified atom stereocenters. The van der Waals surface area contributed by atoms with E-state index >= 15 is 0 Å². The molecule has 9 nitrogen and oxygen atoms in total. The number of nitrogens with two attached hydrogens (primary N) is 1. The Morgan fingerprint density at radius 1 is 1.41 bits per heavy atom. The van der Waals surface area contributed by atoms with E-state index in [1.54, 1.807) is 25.1 Å². The Morgan fingerprint density at radius 2 is 2.21 bits per heavy atom. The molecule has 0 spiro atoms. The van der Waals surface area contributed by atoms with Gasteiger partial charge in [-0.25, -0.2) is 4.98 Å². The monoisotopic (exact) mass is 412 g/mol. The number of hydrogen-bond acceptors (Lipinski definition) is 9. The Kier molecular flexibility index (Phi) is 4.58. The highest BCUT2D eigenvalue weighted by molar-refractivity contribution is 7.14. The molecule has 148 valence electrons. The van der Waals surface area contributed by atoms with Crippen molar-refractivity contribution in [2.45, 2.75) is 25.6 Å². The molecule has 1 aromatic carbocycles. The maximum atomic E-state index is 11.5. The molecular formula is C19H16N4O5S. The number of carbonyl (C=O) groups excluding carboxylic acids is 1. The first-order valence-electron chi connectivity index (χ1n) is 8.57. The van der Waals surface area contributed by atoms with Gasteiger partial charge < -0.3 is 25.2 Å². The Bertz CT molecular complexity index is 1170. The molecule has 1 aliphatic rings. The maximum absolute atomic E-state index is 11.5. The number of benzene rings is 1. The summed E-state index contributed by atoms with van der Waals surface area (Å²) >= 11 is 1.03. The fourth-order valence-electron chi connectivity index (χ4n) is 2.77. The van der Waals surface area contributed by atoms with E-state index in [9.17, 15) is 15.0 Å². The molecule has 0 radical (unpaired) electrons. The van der Waals surface area contributed by atoms with Crippen molar-refractivity contribution in [1.29, 1.82) is 0 Å². The number of ether oxygens (including phenoxy) is 1. The number of thiazole rings is 1. The van der Waals surface area contributed by atoms with Gasteiger partial charge in [-0.1, -0.05) is 17.0 Å². The molecule has 0 saturated carbocycles. The number of rotatable bonds is 2. The molecule has 0 bridgehead atoms. The molecule has 2 atom stereocenters. The van der Waals surface area contributed by atoms with Gasteiger partial charge in [0.15, 0.2) is 10.6 Å². The van der Waals surface area contributed by atoms with Crippen LogP contribution in [0.1, 0.15) is 45.0 Å². The first-order valence-corrected chi connectivity index (χ1v) is 9.38. The first kappa shape index (κ1) is 19.1. The minimum Gasteiger partial charge on any atom is -0.490 e. The van der Waals surface area contributed by atoms with Crippen LogP contribution in [0.5, 0.6) is 5.75 Å². The van der Waals surface area contributed by atoms with E-state index in [4.69, 9.17) is 15.0 Å². The van der Waals surface area contributed by atoms with E-state index in [1.807, 2.05) is 0 Å². The lowest BCUT2D eigenvalue weighted by atomic mass is 10.0. The molecule has 1 aliphatic heterocycles. The van der Waals surface area contributed by atoms with Crippen LogP contribution < -0.4 is 10.5 Å². The predicted molar refractivity (Wildman–Crippen MR) is 102 cm³/mol. The van der Waals surface area contributed by atoms with Gasteiger partial charge in [0.05, 0.1) is 10.6 Å². The average molecular weight is 412 g/mol. The second kappa shape index (κ2) is 6.97. The van der Waals surface area contributed by atoms with Crippen molar-refractivity contribution in [1.82, 2.24) is 15.1 Å². The van der Waals surface area contributed by atoms with Gasteiger partial charge in [-0.3, -0.25) is 4.79 Å². The van der Waals surface area contributed by atoms with Gasteiger partial charge in [-0.05, 0) is 25.1 Å². The van der Waals surface area contributed by atoms with Crippen molar-refractivity contribution in [2.24, 2.45) is 5.73 Å². The Balaban J connectivity index is 1.76. The SMILES string of the molecule is Cc1nc([C@](C)(O)C#Cc2ccc3c(c2)-c2nc(C(N)=O)sc2C(O)CO3)no1. The molecule has 3 aromatic rings. The topological polar surface area (TPSA) is 145 Å². The summed E-state index contributed by atoms with van der Waals surface area (Å²) in [7, 11) is 0. The molecule has 29 heavy (non-hydrogen) atoms. The summed E-state index contributed by atoms with van der Waals surface area (Å²) in [5, 5.41) is 24.7. The van der Waals surface area contributed by atoms with Crippen LogP contribution in [0.15, 0.2) is 22.7 Å². The highest BCUT2D eigenvalue weighted by Crippen LogP contribution is 2.41. The lowest BCUT2D eigenvalue weighted by Gasteiger charge is -2.10. The molecule has 10 heteroatoms. The molecule has 1 amide bonds. The van der Waals surface area contributed by atoms with Crippen LogP contribution in [0.25, 0.3) is 11.3 Å². The van der Waals surface area contributed by atoms with E-state index in [-0.39, 0.29) is 17.4 Å². The highest BCUT2D eigenvalue weighted by atomic mass is 32.1. The van der Waals surface area contributed by atoms with Gasteiger partial charge in [-0.2, -0.15) is 4.98 Å². The van der Waals surface area contributed by atoms with E-state index in [1.165, 1.54) is 6.92 Å². The van der Waals surface area contributed by atoms with E-state index in [0.717, 1.165) is 11.3 Å². The highest BCUT2D eigenvalue weighted by Gasteiger charge is 2.28. The fraction of sp³-hybridized carbons (Fsp3) is 0.263. The molecule has 2 aromatic heterocycles. The van der Waals surface area contributed by atoms with Crippen LogP contribution >= 0.6 is 11.3 Å². The van der Waals surface area contributed by atoms with Gasteiger partial charge in [0.1, 0.15) is 18.5 Å². The van der Waals surface area contributed by atoms with E-state index in [2.05, 4.69) is 27.0 Å². The zero-order chi connectivity index (χ0) is 20.8. The van der Waals surface area contributed by atoms with Crippen LogP contribution in [0.2, 0.25) is 0 Å².